The molecule has 3 nitrogen and oxygen atoms in total. The van der Waals surface area contributed by atoms with E-state index in [0.717, 1.165) is 10.0 Å². The van der Waals surface area contributed by atoms with E-state index in [1.54, 1.807) is 12.4 Å². The number of aliphatic hydroxyl groups is 1. The van der Waals surface area contributed by atoms with Gasteiger partial charge in [-0.15, -0.1) is 0 Å². The number of rotatable bonds is 3. The van der Waals surface area contributed by atoms with Crippen molar-refractivity contribution < 1.29 is 9.90 Å². The second-order valence-electron chi connectivity index (χ2n) is 2.83. The number of carbonyl (C=O) groups excluding carboxylic acids is 1. The van der Waals surface area contributed by atoms with Crippen LogP contribution in [0.1, 0.15) is 12.5 Å². The second kappa shape index (κ2) is 4.48. The number of pyridine rings is 1. The minimum absolute atomic E-state index is 0.195. The normalized spacial score (nSPS) is 12.5. The molecule has 0 saturated carbocycles. The first-order chi connectivity index (χ1) is 6.09. The first-order valence-corrected chi connectivity index (χ1v) is 4.69. The van der Waals surface area contributed by atoms with Gasteiger partial charge in [0.1, 0.15) is 6.10 Å². The zero-order valence-corrected chi connectivity index (χ0v) is 8.78. The first-order valence-electron chi connectivity index (χ1n) is 3.90. The molecule has 1 aromatic rings. The molecule has 0 aliphatic heterocycles. The highest BCUT2D eigenvalue weighted by molar-refractivity contribution is 9.10. The minimum Gasteiger partial charge on any atom is -0.386 e. The molecular weight excluding hydrogens is 234 g/mol. The number of hydrogen-bond acceptors (Lipinski definition) is 3. The molecule has 0 amide bonds. The van der Waals surface area contributed by atoms with E-state index in [0.29, 0.717) is 0 Å². The third-order valence-corrected chi connectivity index (χ3v) is 2.04. The third kappa shape index (κ3) is 3.24. The Labute approximate surface area is 84.9 Å². The second-order valence-corrected chi connectivity index (χ2v) is 3.75. The Morgan fingerprint density at radius 3 is 2.92 bits per heavy atom. The summed E-state index contributed by atoms with van der Waals surface area (Å²) in [5.41, 5.74) is 0.806. The lowest BCUT2D eigenvalue weighted by molar-refractivity contribution is -0.125. The number of carbonyl (C=O) groups is 1. The third-order valence-electron chi connectivity index (χ3n) is 1.61. The van der Waals surface area contributed by atoms with E-state index in [9.17, 15) is 4.79 Å². The summed E-state index contributed by atoms with van der Waals surface area (Å²) in [6.45, 7) is 1.47. The number of aromatic nitrogens is 1. The quantitative estimate of drug-likeness (QED) is 0.872. The number of nitrogens with zero attached hydrogens (tertiary/aromatic N) is 1. The van der Waals surface area contributed by atoms with Crippen LogP contribution in [-0.4, -0.2) is 22.0 Å². The molecule has 1 atom stereocenters. The Balaban J connectivity index is 2.69. The SMILES string of the molecule is CC(O)C(=O)Cc1cncc(Br)c1. The standard InChI is InChI=1S/C9H10BrNO2/c1-6(12)9(13)3-7-2-8(10)5-11-4-7/h2,4-6,12H,3H2,1H3. The van der Waals surface area contributed by atoms with Gasteiger partial charge in [-0.05, 0) is 34.5 Å². The highest BCUT2D eigenvalue weighted by Crippen LogP contribution is 2.10. The van der Waals surface area contributed by atoms with Crippen molar-refractivity contribution in [3.63, 3.8) is 0 Å². The average Bonchev–Trinajstić information content (AvgIpc) is 2.04. The number of aliphatic hydroxyl groups excluding tert-OH is 1. The van der Waals surface area contributed by atoms with Gasteiger partial charge in [-0.2, -0.15) is 0 Å². The van der Waals surface area contributed by atoms with Crippen LogP contribution in [0.5, 0.6) is 0 Å². The van der Waals surface area contributed by atoms with Gasteiger partial charge < -0.3 is 5.11 Å². The number of ketones is 1. The molecule has 0 aliphatic rings. The molecule has 1 rings (SSSR count). The van der Waals surface area contributed by atoms with Crippen LogP contribution >= 0.6 is 15.9 Å². The van der Waals surface area contributed by atoms with Crippen molar-refractivity contribution in [2.75, 3.05) is 0 Å². The van der Waals surface area contributed by atoms with E-state index < -0.39 is 6.10 Å². The lowest BCUT2D eigenvalue weighted by atomic mass is 10.1. The van der Waals surface area contributed by atoms with Crippen LogP contribution < -0.4 is 0 Å². The van der Waals surface area contributed by atoms with Gasteiger partial charge in [0.25, 0.3) is 0 Å². The molecule has 0 aromatic carbocycles. The molecule has 4 heteroatoms. The Morgan fingerprint density at radius 1 is 1.69 bits per heavy atom. The Hall–Kier alpha value is -0.740. The molecule has 13 heavy (non-hydrogen) atoms. The summed E-state index contributed by atoms with van der Waals surface area (Å²) in [6, 6.07) is 1.81. The lowest BCUT2D eigenvalue weighted by Crippen LogP contribution is -2.18. The van der Waals surface area contributed by atoms with Crippen LogP contribution in [0.2, 0.25) is 0 Å². The Bertz CT molecular complexity index is 312. The van der Waals surface area contributed by atoms with Gasteiger partial charge in [-0.1, -0.05) is 0 Å². The van der Waals surface area contributed by atoms with Crippen molar-refractivity contribution in [1.82, 2.24) is 4.98 Å². The summed E-state index contributed by atoms with van der Waals surface area (Å²) in [5.74, 6) is -0.195. The van der Waals surface area contributed by atoms with Gasteiger partial charge in [0, 0.05) is 23.3 Å². The van der Waals surface area contributed by atoms with Crippen molar-refractivity contribution in [2.45, 2.75) is 19.4 Å². The molecule has 1 heterocycles. The maximum Gasteiger partial charge on any atom is 0.165 e. The molecular formula is C9H10BrNO2. The van der Waals surface area contributed by atoms with E-state index >= 15 is 0 Å². The van der Waals surface area contributed by atoms with E-state index in [1.165, 1.54) is 6.92 Å². The smallest absolute Gasteiger partial charge is 0.165 e. The van der Waals surface area contributed by atoms with Gasteiger partial charge in [0.15, 0.2) is 5.78 Å². The lowest BCUT2D eigenvalue weighted by Gasteiger charge is -2.02. The van der Waals surface area contributed by atoms with E-state index in [2.05, 4.69) is 20.9 Å². The average molecular weight is 244 g/mol. The molecule has 1 aromatic heterocycles. The molecule has 0 saturated heterocycles. The number of halogens is 1. The van der Waals surface area contributed by atoms with Gasteiger partial charge in [-0.3, -0.25) is 9.78 Å². The fraction of sp³-hybridized carbons (Fsp3) is 0.333. The summed E-state index contributed by atoms with van der Waals surface area (Å²) in [4.78, 5) is 15.0. The molecule has 1 unspecified atom stereocenters. The van der Waals surface area contributed by atoms with Gasteiger partial charge in [0.05, 0.1) is 0 Å². The highest BCUT2D eigenvalue weighted by atomic mass is 79.9. The van der Waals surface area contributed by atoms with Gasteiger partial charge in [-0.25, -0.2) is 0 Å². The van der Waals surface area contributed by atoms with Crippen LogP contribution in [0.15, 0.2) is 22.9 Å². The van der Waals surface area contributed by atoms with Crippen molar-refractivity contribution in [3.8, 4) is 0 Å². The largest absolute Gasteiger partial charge is 0.386 e. The molecule has 0 radical (unpaired) electrons. The van der Waals surface area contributed by atoms with Crippen molar-refractivity contribution in [3.05, 3.63) is 28.5 Å². The minimum atomic E-state index is -0.904. The van der Waals surface area contributed by atoms with Crippen LogP contribution in [0.3, 0.4) is 0 Å². The molecule has 0 spiro atoms. The highest BCUT2D eigenvalue weighted by Gasteiger charge is 2.09. The summed E-state index contributed by atoms with van der Waals surface area (Å²) in [6.07, 6.45) is 2.59. The van der Waals surface area contributed by atoms with Crippen molar-refractivity contribution in [2.24, 2.45) is 0 Å². The van der Waals surface area contributed by atoms with E-state index in [4.69, 9.17) is 5.11 Å². The summed E-state index contributed by atoms with van der Waals surface area (Å²) in [5, 5.41) is 8.97. The number of hydrogen-bond donors (Lipinski definition) is 1. The van der Waals surface area contributed by atoms with E-state index in [1.807, 2.05) is 6.07 Å². The van der Waals surface area contributed by atoms with Crippen LogP contribution in [0.4, 0.5) is 0 Å². The monoisotopic (exact) mass is 243 g/mol. The summed E-state index contributed by atoms with van der Waals surface area (Å²) < 4.78 is 0.836. The van der Waals surface area contributed by atoms with Gasteiger partial charge in [0.2, 0.25) is 0 Å². The zero-order valence-electron chi connectivity index (χ0n) is 7.20. The van der Waals surface area contributed by atoms with Crippen LogP contribution in [-0.2, 0) is 11.2 Å². The molecule has 0 aliphatic carbocycles. The Kier molecular flexibility index (Phi) is 3.57. The first kappa shape index (κ1) is 10.3. The van der Waals surface area contributed by atoms with E-state index in [-0.39, 0.29) is 12.2 Å². The predicted molar refractivity (Wildman–Crippen MR) is 52.3 cm³/mol. The summed E-state index contributed by atoms with van der Waals surface area (Å²) >= 11 is 3.25. The fourth-order valence-corrected chi connectivity index (χ4v) is 1.31. The molecule has 0 bridgehead atoms. The topological polar surface area (TPSA) is 50.2 Å². The van der Waals surface area contributed by atoms with Crippen LogP contribution in [0, 0.1) is 0 Å². The predicted octanol–water partition coefficient (Wildman–Crippen LogP) is 1.34. The maximum absolute atomic E-state index is 11.1. The van der Waals surface area contributed by atoms with Crippen LogP contribution in [0.25, 0.3) is 0 Å². The maximum atomic E-state index is 11.1. The van der Waals surface area contributed by atoms with Crippen molar-refractivity contribution >= 4 is 21.7 Å². The molecule has 1 N–H and O–H groups in total. The van der Waals surface area contributed by atoms with Crippen molar-refractivity contribution in [1.29, 1.82) is 0 Å². The fourth-order valence-electron chi connectivity index (χ4n) is 0.901. The summed E-state index contributed by atoms with van der Waals surface area (Å²) in [7, 11) is 0. The molecule has 0 fully saturated rings. The van der Waals surface area contributed by atoms with Gasteiger partial charge >= 0.3 is 0 Å². The zero-order chi connectivity index (χ0) is 9.84. The number of Topliss-reactive ketones (excluding diaryl/α,β-unsaturated/α-hetero) is 1. The molecule has 70 valence electrons. The Morgan fingerprint density at radius 2 is 2.38 bits per heavy atom.